The van der Waals surface area contributed by atoms with Crippen LogP contribution in [0.3, 0.4) is 0 Å². The highest BCUT2D eigenvalue weighted by Gasteiger charge is 2.30. The minimum Gasteiger partial charge on any atom is -0.399 e. The molecule has 1 aliphatic rings. The Labute approximate surface area is 107 Å². The van der Waals surface area contributed by atoms with Crippen molar-refractivity contribution in [2.24, 2.45) is 0 Å². The van der Waals surface area contributed by atoms with Crippen LogP contribution in [0.25, 0.3) is 0 Å². The number of hydrogen-bond donors (Lipinski definition) is 2. The van der Waals surface area contributed by atoms with Crippen molar-refractivity contribution in [3.05, 3.63) is 24.0 Å². The number of anilines is 1. The Morgan fingerprint density at radius 3 is 2.89 bits per heavy atom. The van der Waals surface area contributed by atoms with E-state index in [1.54, 1.807) is 24.1 Å². The summed E-state index contributed by atoms with van der Waals surface area (Å²) in [5, 5.41) is 9.95. The molecular formula is C13H19N3O2. The highest BCUT2D eigenvalue weighted by atomic mass is 16.3. The van der Waals surface area contributed by atoms with Crippen LogP contribution in [0.2, 0.25) is 0 Å². The number of nitrogens with two attached hydrogens (primary N) is 1. The minimum atomic E-state index is -0.436. The summed E-state index contributed by atoms with van der Waals surface area (Å²) < 4.78 is 0. The molecule has 2 rings (SSSR count). The molecule has 1 fully saturated rings. The van der Waals surface area contributed by atoms with E-state index in [1.807, 2.05) is 0 Å². The number of nitrogen functional groups attached to an aromatic ring is 1. The van der Waals surface area contributed by atoms with Gasteiger partial charge in [0.2, 0.25) is 0 Å². The van der Waals surface area contributed by atoms with Gasteiger partial charge in [-0.25, -0.2) is 0 Å². The van der Waals surface area contributed by atoms with E-state index >= 15 is 0 Å². The summed E-state index contributed by atoms with van der Waals surface area (Å²) in [5.74, 6) is -0.187. The van der Waals surface area contributed by atoms with Crippen LogP contribution in [0.1, 0.15) is 36.2 Å². The second-order valence-electron chi connectivity index (χ2n) is 4.81. The monoisotopic (exact) mass is 249 g/mol. The molecule has 98 valence electrons. The third kappa shape index (κ3) is 2.61. The molecule has 3 N–H and O–H groups in total. The molecular weight excluding hydrogens is 230 g/mol. The fourth-order valence-corrected chi connectivity index (χ4v) is 2.44. The number of pyridine rings is 1. The van der Waals surface area contributed by atoms with Gasteiger partial charge in [-0.2, -0.15) is 0 Å². The number of carbonyl (C=O) groups excluding carboxylic acids is 1. The number of aliphatic hydroxyl groups excluding tert-OH is 1. The minimum absolute atomic E-state index is 0.116. The van der Waals surface area contributed by atoms with E-state index < -0.39 is 6.10 Å². The van der Waals surface area contributed by atoms with E-state index in [0.29, 0.717) is 11.4 Å². The van der Waals surface area contributed by atoms with E-state index in [0.717, 1.165) is 25.7 Å². The van der Waals surface area contributed by atoms with Crippen molar-refractivity contribution in [1.29, 1.82) is 0 Å². The van der Waals surface area contributed by atoms with Gasteiger partial charge in [0.1, 0.15) is 5.69 Å². The van der Waals surface area contributed by atoms with Crippen LogP contribution in [0.5, 0.6) is 0 Å². The number of aromatic nitrogens is 1. The van der Waals surface area contributed by atoms with Crippen molar-refractivity contribution in [2.75, 3.05) is 12.8 Å². The summed E-state index contributed by atoms with van der Waals surface area (Å²) in [6.07, 6.45) is 4.75. The van der Waals surface area contributed by atoms with Crippen molar-refractivity contribution in [2.45, 2.75) is 37.8 Å². The van der Waals surface area contributed by atoms with Gasteiger partial charge in [0.05, 0.1) is 12.1 Å². The lowest BCUT2D eigenvalue weighted by molar-refractivity contribution is 0.0264. The average molecular weight is 249 g/mol. The fourth-order valence-electron chi connectivity index (χ4n) is 2.44. The first-order valence-electron chi connectivity index (χ1n) is 6.26. The van der Waals surface area contributed by atoms with Gasteiger partial charge in [-0.05, 0) is 25.0 Å². The predicted octanol–water partition coefficient (Wildman–Crippen LogP) is 1.04. The zero-order valence-corrected chi connectivity index (χ0v) is 10.5. The largest absolute Gasteiger partial charge is 0.399 e. The Kier molecular flexibility index (Phi) is 3.81. The second kappa shape index (κ2) is 5.35. The first-order valence-corrected chi connectivity index (χ1v) is 6.26. The first kappa shape index (κ1) is 12.8. The molecule has 0 aromatic carbocycles. The first-order chi connectivity index (χ1) is 8.59. The molecule has 18 heavy (non-hydrogen) atoms. The van der Waals surface area contributed by atoms with Crippen molar-refractivity contribution in [3.8, 4) is 0 Å². The molecule has 1 heterocycles. The Morgan fingerprint density at radius 2 is 2.22 bits per heavy atom. The maximum Gasteiger partial charge on any atom is 0.272 e. The van der Waals surface area contributed by atoms with Crippen LogP contribution in [0.4, 0.5) is 5.69 Å². The highest BCUT2D eigenvalue weighted by Crippen LogP contribution is 2.23. The topological polar surface area (TPSA) is 79.5 Å². The van der Waals surface area contributed by atoms with Gasteiger partial charge in [0.25, 0.3) is 5.91 Å². The van der Waals surface area contributed by atoms with Gasteiger partial charge in [-0.3, -0.25) is 9.78 Å². The Bertz CT molecular complexity index is 436. The van der Waals surface area contributed by atoms with E-state index in [-0.39, 0.29) is 11.9 Å². The molecule has 5 nitrogen and oxygen atoms in total. The lowest BCUT2D eigenvalue weighted by atomic mass is 9.91. The molecule has 2 unspecified atom stereocenters. The molecule has 0 spiro atoms. The third-order valence-electron chi connectivity index (χ3n) is 3.51. The fraction of sp³-hybridized carbons (Fsp3) is 0.538. The van der Waals surface area contributed by atoms with E-state index in [2.05, 4.69) is 4.98 Å². The Hall–Kier alpha value is -1.62. The summed E-state index contributed by atoms with van der Waals surface area (Å²) >= 11 is 0. The molecule has 0 saturated heterocycles. The van der Waals surface area contributed by atoms with Crippen molar-refractivity contribution < 1.29 is 9.90 Å². The number of rotatable bonds is 2. The number of hydrogen-bond acceptors (Lipinski definition) is 4. The van der Waals surface area contributed by atoms with Crippen molar-refractivity contribution in [3.63, 3.8) is 0 Å². The predicted molar refractivity (Wildman–Crippen MR) is 69.0 cm³/mol. The second-order valence-corrected chi connectivity index (χ2v) is 4.81. The quantitative estimate of drug-likeness (QED) is 0.820. The Balaban J connectivity index is 2.13. The maximum absolute atomic E-state index is 12.2. The van der Waals surface area contributed by atoms with Gasteiger partial charge in [0.15, 0.2) is 0 Å². The van der Waals surface area contributed by atoms with Gasteiger partial charge >= 0.3 is 0 Å². The molecule has 0 bridgehead atoms. The van der Waals surface area contributed by atoms with Crippen molar-refractivity contribution >= 4 is 11.6 Å². The van der Waals surface area contributed by atoms with Gasteiger partial charge < -0.3 is 15.7 Å². The SMILES string of the molecule is CN(C(=O)c1cc(N)ccn1)C1CCCCC1O. The van der Waals surface area contributed by atoms with Crippen LogP contribution in [-0.4, -0.2) is 40.1 Å². The lowest BCUT2D eigenvalue weighted by Crippen LogP contribution is -2.46. The zero-order valence-electron chi connectivity index (χ0n) is 10.5. The molecule has 1 saturated carbocycles. The maximum atomic E-state index is 12.2. The van der Waals surface area contributed by atoms with Gasteiger partial charge in [-0.15, -0.1) is 0 Å². The van der Waals surface area contributed by atoms with E-state index in [4.69, 9.17) is 5.73 Å². The van der Waals surface area contributed by atoms with Gasteiger partial charge in [0, 0.05) is 18.9 Å². The number of carbonyl (C=O) groups is 1. The summed E-state index contributed by atoms with van der Waals surface area (Å²) in [6.45, 7) is 0. The van der Waals surface area contributed by atoms with Crippen LogP contribution in [0.15, 0.2) is 18.3 Å². The number of amides is 1. The van der Waals surface area contributed by atoms with E-state index in [1.165, 1.54) is 6.20 Å². The summed E-state index contributed by atoms with van der Waals surface area (Å²) in [4.78, 5) is 17.9. The summed E-state index contributed by atoms with van der Waals surface area (Å²) in [7, 11) is 1.71. The molecule has 1 aromatic rings. The van der Waals surface area contributed by atoms with Crippen molar-refractivity contribution in [1.82, 2.24) is 9.88 Å². The molecule has 0 aliphatic heterocycles. The molecule has 1 amide bonds. The zero-order chi connectivity index (χ0) is 13.1. The van der Waals surface area contributed by atoms with E-state index in [9.17, 15) is 9.90 Å². The summed E-state index contributed by atoms with van der Waals surface area (Å²) in [6, 6.07) is 3.09. The normalized spacial score (nSPS) is 23.7. The number of nitrogens with zero attached hydrogens (tertiary/aromatic N) is 2. The standard InChI is InChI=1S/C13H19N3O2/c1-16(11-4-2-3-5-12(11)17)13(18)10-8-9(14)6-7-15-10/h6-8,11-12,17H,2-5H2,1H3,(H2,14,15). The lowest BCUT2D eigenvalue weighted by Gasteiger charge is -2.35. The van der Waals surface area contributed by atoms with Crippen LogP contribution in [-0.2, 0) is 0 Å². The third-order valence-corrected chi connectivity index (χ3v) is 3.51. The van der Waals surface area contributed by atoms with Crippen LogP contribution < -0.4 is 5.73 Å². The van der Waals surface area contributed by atoms with Crippen LogP contribution in [0, 0.1) is 0 Å². The number of aliphatic hydroxyl groups is 1. The molecule has 2 atom stereocenters. The average Bonchev–Trinajstić information content (AvgIpc) is 2.37. The molecule has 1 aromatic heterocycles. The summed E-state index contributed by atoms with van der Waals surface area (Å²) in [5.41, 5.74) is 6.49. The Morgan fingerprint density at radius 1 is 1.50 bits per heavy atom. The highest BCUT2D eigenvalue weighted by molar-refractivity contribution is 5.93. The van der Waals surface area contributed by atoms with Crippen LogP contribution >= 0.6 is 0 Å². The smallest absolute Gasteiger partial charge is 0.272 e. The van der Waals surface area contributed by atoms with Gasteiger partial charge in [-0.1, -0.05) is 12.8 Å². The number of likely N-dealkylation sites (N-methyl/N-ethyl adjacent to an activating group) is 1. The molecule has 5 heteroatoms. The molecule has 0 radical (unpaired) electrons. The molecule has 1 aliphatic carbocycles.